The molecule has 0 unspecified atom stereocenters. The van der Waals surface area contributed by atoms with Crippen LogP contribution in [0.4, 0.5) is 9.52 Å². The number of carbonyl (C=O) groups is 2. The molecule has 1 aliphatic rings. The van der Waals surface area contributed by atoms with E-state index in [1.807, 2.05) is 0 Å². The van der Waals surface area contributed by atoms with Crippen molar-refractivity contribution in [3.63, 3.8) is 0 Å². The first-order valence-corrected chi connectivity index (χ1v) is 15.1. The van der Waals surface area contributed by atoms with Crippen LogP contribution in [0.2, 0.25) is 0 Å². The molecule has 1 saturated carbocycles. The van der Waals surface area contributed by atoms with E-state index in [9.17, 15) is 22.4 Å². The van der Waals surface area contributed by atoms with Gasteiger partial charge in [-0.3, -0.25) is 9.59 Å². The number of benzene rings is 2. The molecular formula is C27H32FN3O6S2. The molecule has 0 bridgehead atoms. The first kappa shape index (κ1) is 29.1. The molecule has 4 rings (SSSR count). The SMILES string of the molecule is COCCN(CCC(=O)O)S(=O)(=O)c1ccc([C@@H](CC2CCCC2)C(=O)Nc2nc3ccc(F)cc3s2)cc1. The fourth-order valence-corrected chi connectivity index (χ4v) is 7.22. The molecule has 1 aromatic heterocycles. The van der Waals surface area contributed by atoms with E-state index in [1.165, 1.54) is 42.7 Å². The zero-order valence-corrected chi connectivity index (χ0v) is 23.3. The number of thiazole rings is 1. The Bertz CT molecular complexity index is 1400. The second-order valence-electron chi connectivity index (χ2n) is 9.67. The van der Waals surface area contributed by atoms with Crippen LogP contribution in [-0.2, 0) is 24.3 Å². The van der Waals surface area contributed by atoms with Gasteiger partial charge in [-0.15, -0.1) is 0 Å². The molecule has 1 amide bonds. The van der Waals surface area contributed by atoms with Gasteiger partial charge in [0.25, 0.3) is 0 Å². The van der Waals surface area contributed by atoms with Crippen molar-refractivity contribution in [3.05, 3.63) is 53.8 Å². The number of aliphatic carboxylic acids is 1. The van der Waals surface area contributed by atoms with Crippen LogP contribution in [0.15, 0.2) is 47.4 Å². The monoisotopic (exact) mass is 577 g/mol. The number of ether oxygens (including phenoxy) is 1. The number of sulfonamides is 1. The summed E-state index contributed by atoms with van der Waals surface area (Å²) in [6.45, 7) is -0.0346. The summed E-state index contributed by atoms with van der Waals surface area (Å²) in [4.78, 5) is 29.0. The third-order valence-corrected chi connectivity index (χ3v) is 9.83. The van der Waals surface area contributed by atoms with Gasteiger partial charge in [-0.25, -0.2) is 17.8 Å². The summed E-state index contributed by atoms with van der Waals surface area (Å²) in [7, 11) is -2.53. The Balaban J connectivity index is 1.56. The smallest absolute Gasteiger partial charge is 0.304 e. The highest BCUT2D eigenvalue weighted by Gasteiger charge is 2.29. The van der Waals surface area contributed by atoms with Crippen molar-refractivity contribution in [2.45, 2.75) is 49.3 Å². The van der Waals surface area contributed by atoms with Gasteiger partial charge in [0.05, 0.1) is 34.1 Å². The molecule has 0 radical (unpaired) electrons. The lowest BCUT2D eigenvalue weighted by atomic mass is 9.87. The molecule has 0 aliphatic heterocycles. The normalized spacial score (nSPS) is 15.2. The highest BCUT2D eigenvalue weighted by Crippen LogP contribution is 2.36. The topological polar surface area (TPSA) is 126 Å². The molecule has 9 nitrogen and oxygen atoms in total. The number of carboxylic acid groups (broad SMARTS) is 1. The van der Waals surface area contributed by atoms with E-state index in [2.05, 4.69) is 10.3 Å². The number of nitrogens with one attached hydrogen (secondary N) is 1. The standard InChI is InChI=1S/C27H32FN3O6S2/c1-37-15-14-31(13-12-25(32)33)39(35,36)21-9-6-19(7-10-21)22(16-18-4-2-3-5-18)26(34)30-27-29-23-11-8-20(28)17-24(23)38-27/h6-11,17-18,22H,2-5,12-16H2,1H3,(H,32,33)(H,29,30,34)/t22-/m1/s1. The number of anilines is 1. The van der Waals surface area contributed by atoms with Crippen molar-refractivity contribution in [3.8, 4) is 0 Å². The molecule has 39 heavy (non-hydrogen) atoms. The van der Waals surface area contributed by atoms with E-state index in [4.69, 9.17) is 9.84 Å². The molecule has 12 heteroatoms. The largest absolute Gasteiger partial charge is 0.481 e. The van der Waals surface area contributed by atoms with Crippen LogP contribution in [0.3, 0.4) is 0 Å². The predicted molar refractivity (Wildman–Crippen MR) is 147 cm³/mol. The lowest BCUT2D eigenvalue weighted by Gasteiger charge is -2.23. The summed E-state index contributed by atoms with van der Waals surface area (Å²) < 4.78 is 46.9. The van der Waals surface area contributed by atoms with E-state index < -0.39 is 21.9 Å². The van der Waals surface area contributed by atoms with Crippen molar-refractivity contribution in [1.29, 1.82) is 0 Å². The number of nitrogens with zero attached hydrogens (tertiary/aromatic N) is 2. The number of fused-ring (bicyclic) bond motifs is 1. The van der Waals surface area contributed by atoms with Gasteiger partial charge in [-0.1, -0.05) is 49.2 Å². The van der Waals surface area contributed by atoms with E-state index in [0.29, 0.717) is 33.3 Å². The van der Waals surface area contributed by atoms with Crippen LogP contribution in [-0.4, -0.2) is 61.5 Å². The lowest BCUT2D eigenvalue weighted by Crippen LogP contribution is -2.35. The third-order valence-electron chi connectivity index (χ3n) is 6.98. The fraction of sp³-hybridized carbons (Fsp3) is 0.444. The Morgan fingerprint density at radius 1 is 1.18 bits per heavy atom. The van der Waals surface area contributed by atoms with Crippen LogP contribution >= 0.6 is 11.3 Å². The molecule has 210 valence electrons. The molecular weight excluding hydrogens is 545 g/mol. The number of rotatable bonds is 13. The minimum absolute atomic E-state index is 0.0148. The summed E-state index contributed by atoms with van der Waals surface area (Å²) in [5.74, 6) is -1.86. The molecule has 0 spiro atoms. The predicted octanol–water partition coefficient (Wildman–Crippen LogP) is 4.85. The van der Waals surface area contributed by atoms with Crippen molar-refractivity contribution < 1.29 is 32.2 Å². The molecule has 2 aromatic carbocycles. The number of amides is 1. The maximum absolute atomic E-state index is 13.6. The van der Waals surface area contributed by atoms with Crippen molar-refractivity contribution in [2.75, 3.05) is 32.1 Å². The Labute approximate surface area is 231 Å². The average molecular weight is 578 g/mol. The van der Waals surface area contributed by atoms with Gasteiger partial charge in [0.2, 0.25) is 15.9 Å². The summed E-state index contributed by atoms with van der Waals surface area (Å²) in [5.41, 5.74) is 1.28. The van der Waals surface area contributed by atoms with E-state index in [1.54, 1.807) is 18.2 Å². The summed E-state index contributed by atoms with van der Waals surface area (Å²) in [5, 5.41) is 12.3. The number of methoxy groups -OCH3 is 1. The highest BCUT2D eigenvalue weighted by atomic mass is 32.2. The fourth-order valence-electron chi connectivity index (χ4n) is 4.91. The summed E-state index contributed by atoms with van der Waals surface area (Å²) in [6, 6.07) is 10.5. The zero-order chi connectivity index (χ0) is 28.0. The van der Waals surface area contributed by atoms with Gasteiger partial charge in [0, 0.05) is 20.2 Å². The Hall–Kier alpha value is -2.93. The minimum atomic E-state index is -3.97. The van der Waals surface area contributed by atoms with Crippen LogP contribution in [0, 0.1) is 11.7 Å². The van der Waals surface area contributed by atoms with E-state index >= 15 is 0 Å². The first-order valence-electron chi connectivity index (χ1n) is 12.8. The minimum Gasteiger partial charge on any atom is -0.481 e. The highest BCUT2D eigenvalue weighted by molar-refractivity contribution is 7.89. The maximum Gasteiger partial charge on any atom is 0.304 e. The quantitative estimate of drug-likeness (QED) is 0.297. The number of hydrogen-bond donors (Lipinski definition) is 2. The second-order valence-corrected chi connectivity index (χ2v) is 12.6. The average Bonchev–Trinajstić information content (AvgIpc) is 3.56. The van der Waals surface area contributed by atoms with Gasteiger partial charge in [0.1, 0.15) is 5.82 Å². The summed E-state index contributed by atoms with van der Waals surface area (Å²) >= 11 is 1.20. The molecule has 1 aliphatic carbocycles. The van der Waals surface area contributed by atoms with Crippen LogP contribution in [0.25, 0.3) is 10.2 Å². The molecule has 2 N–H and O–H groups in total. The number of aromatic nitrogens is 1. The second kappa shape index (κ2) is 12.9. The summed E-state index contributed by atoms with van der Waals surface area (Å²) in [6.07, 6.45) is 4.60. The number of carbonyl (C=O) groups excluding carboxylic acids is 1. The van der Waals surface area contributed by atoms with Crippen molar-refractivity contribution >= 4 is 48.6 Å². The number of halogens is 1. The van der Waals surface area contributed by atoms with Gasteiger partial charge in [0.15, 0.2) is 5.13 Å². The third kappa shape index (κ3) is 7.38. The van der Waals surface area contributed by atoms with Gasteiger partial charge in [-0.05, 0) is 48.2 Å². The van der Waals surface area contributed by atoms with Gasteiger partial charge < -0.3 is 15.2 Å². The van der Waals surface area contributed by atoms with Crippen LogP contribution in [0.1, 0.15) is 50.0 Å². The molecule has 1 heterocycles. The Morgan fingerprint density at radius 3 is 2.56 bits per heavy atom. The molecule has 3 aromatic rings. The maximum atomic E-state index is 13.6. The van der Waals surface area contributed by atoms with Crippen molar-refractivity contribution in [1.82, 2.24) is 9.29 Å². The van der Waals surface area contributed by atoms with Crippen molar-refractivity contribution in [2.24, 2.45) is 5.92 Å². The molecule has 1 atom stereocenters. The Morgan fingerprint density at radius 2 is 1.90 bits per heavy atom. The Kier molecular flexibility index (Phi) is 9.65. The van der Waals surface area contributed by atoms with Crippen LogP contribution < -0.4 is 5.32 Å². The molecule has 1 fully saturated rings. The number of hydrogen-bond acceptors (Lipinski definition) is 7. The first-order chi connectivity index (χ1) is 18.7. The van der Waals surface area contributed by atoms with Crippen LogP contribution in [0.5, 0.6) is 0 Å². The van der Waals surface area contributed by atoms with Gasteiger partial charge >= 0.3 is 5.97 Å². The lowest BCUT2D eigenvalue weighted by molar-refractivity contribution is -0.137. The van der Waals surface area contributed by atoms with E-state index in [-0.39, 0.29) is 42.7 Å². The molecule has 0 saturated heterocycles. The zero-order valence-electron chi connectivity index (χ0n) is 21.6. The van der Waals surface area contributed by atoms with Gasteiger partial charge in [-0.2, -0.15) is 4.31 Å². The van der Waals surface area contributed by atoms with E-state index in [0.717, 1.165) is 30.0 Å². The number of carboxylic acids is 1.